The van der Waals surface area contributed by atoms with Crippen LogP contribution in [0.1, 0.15) is 15.9 Å². The lowest BCUT2D eigenvalue weighted by molar-refractivity contribution is 0.0695. The minimum Gasteiger partial charge on any atom is -0.478 e. The molecule has 2 rings (SSSR count). The molecular formula is C13H14ClNO3S. The van der Waals surface area contributed by atoms with Gasteiger partial charge >= 0.3 is 5.97 Å². The maximum atomic E-state index is 11.0. The van der Waals surface area contributed by atoms with E-state index in [-0.39, 0.29) is 18.0 Å². The fraction of sp³-hybridized carbons (Fsp3) is 0.154. The predicted molar refractivity (Wildman–Crippen MR) is 79.3 cm³/mol. The summed E-state index contributed by atoms with van der Waals surface area (Å²) in [6.07, 6.45) is 0. The van der Waals surface area contributed by atoms with Crippen molar-refractivity contribution in [3.05, 3.63) is 40.1 Å². The molecule has 4 nitrogen and oxygen atoms in total. The predicted octanol–water partition coefficient (Wildman–Crippen LogP) is 4.01. The molecule has 0 aliphatic rings. The van der Waals surface area contributed by atoms with Gasteiger partial charge in [0.15, 0.2) is 11.5 Å². The number of aryl methyl sites for hydroxylation is 1. The third kappa shape index (κ3) is 3.39. The molecule has 0 unspecified atom stereocenters. The van der Waals surface area contributed by atoms with E-state index in [0.717, 1.165) is 11.3 Å². The summed E-state index contributed by atoms with van der Waals surface area (Å²) in [5.74, 6) is 0.00113. The molecule has 0 fully saturated rings. The van der Waals surface area contributed by atoms with Gasteiger partial charge in [0, 0.05) is 17.8 Å². The van der Waals surface area contributed by atoms with Crippen molar-refractivity contribution >= 4 is 35.4 Å². The Labute approximate surface area is 121 Å². The van der Waals surface area contributed by atoms with Gasteiger partial charge in [-0.25, -0.2) is 4.79 Å². The molecule has 0 spiro atoms. The second-order valence-electron chi connectivity index (χ2n) is 3.81. The summed E-state index contributed by atoms with van der Waals surface area (Å²) in [6.45, 7) is 1.98. The maximum absolute atomic E-state index is 11.0. The first-order valence-electron chi connectivity index (χ1n) is 5.37. The lowest BCUT2D eigenvalue weighted by Crippen LogP contribution is -1.98. The molecule has 2 aromatic rings. The molecule has 0 saturated carbocycles. The van der Waals surface area contributed by atoms with Gasteiger partial charge in [-0.05, 0) is 24.6 Å². The number of carbonyl (C=O) groups is 1. The second kappa shape index (κ2) is 6.45. The zero-order chi connectivity index (χ0) is 13.1. The van der Waals surface area contributed by atoms with E-state index in [1.165, 1.54) is 11.3 Å². The quantitative estimate of drug-likeness (QED) is 0.895. The van der Waals surface area contributed by atoms with Gasteiger partial charge in [-0.15, -0.1) is 23.7 Å². The Balaban J connectivity index is 0.00000180. The molecule has 1 aromatic heterocycles. The molecule has 1 aromatic carbocycles. The molecule has 0 radical (unpaired) electrons. The Hall–Kier alpha value is -1.72. The Morgan fingerprint density at radius 1 is 1.32 bits per heavy atom. The number of carboxylic acid groups (broad SMARTS) is 1. The number of hydrogen-bond donors (Lipinski definition) is 2. The minimum absolute atomic E-state index is 0. The fourth-order valence-corrected chi connectivity index (χ4v) is 2.29. The number of thiophene rings is 1. The van der Waals surface area contributed by atoms with Crippen LogP contribution in [0.3, 0.4) is 0 Å². The number of benzene rings is 1. The molecule has 0 saturated heterocycles. The van der Waals surface area contributed by atoms with Crippen LogP contribution in [0.2, 0.25) is 0 Å². The number of carboxylic acids is 1. The molecule has 102 valence electrons. The average Bonchev–Trinajstić information content (AvgIpc) is 2.79. The summed E-state index contributed by atoms with van der Waals surface area (Å²) < 4.78 is 5.65. The number of hydrogen-bond acceptors (Lipinski definition) is 4. The number of aromatic carboxylic acids is 1. The third-order valence-electron chi connectivity index (χ3n) is 2.48. The van der Waals surface area contributed by atoms with E-state index in [2.05, 4.69) is 5.32 Å². The van der Waals surface area contributed by atoms with Crippen LogP contribution in [-0.4, -0.2) is 18.1 Å². The summed E-state index contributed by atoms with van der Waals surface area (Å²) in [5.41, 5.74) is 2.12. The summed E-state index contributed by atoms with van der Waals surface area (Å²) in [7, 11) is 1.80. The zero-order valence-corrected chi connectivity index (χ0v) is 12.1. The molecule has 6 heteroatoms. The monoisotopic (exact) mass is 299 g/mol. The van der Waals surface area contributed by atoms with Gasteiger partial charge in [-0.1, -0.05) is 6.07 Å². The molecule has 0 atom stereocenters. The highest BCUT2D eigenvalue weighted by Crippen LogP contribution is 2.33. The van der Waals surface area contributed by atoms with E-state index in [1.807, 2.05) is 25.1 Å². The number of nitrogens with one attached hydrogen (secondary N) is 1. The smallest absolute Gasteiger partial charge is 0.340 e. The lowest BCUT2D eigenvalue weighted by Gasteiger charge is -2.11. The number of anilines is 1. The van der Waals surface area contributed by atoms with Crippen LogP contribution in [-0.2, 0) is 0 Å². The topological polar surface area (TPSA) is 58.6 Å². The van der Waals surface area contributed by atoms with E-state index in [0.29, 0.717) is 11.5 Å². The van der Waals surface area contributed by atoms with Gasteiger partial charge in [0.25, 0.3) is 0 Å². The normalized spacial score (nSPS) is 9.58. The standard InChI is InChI=1S/C13H13NO3S.ClH/c1-8-3-4-11(10(5-8)14-2)17-12-7-18-6-9(12)13(15)16;/h3-7,14H,1-2H3,(H,15,16);1H. The highest BCUT2D eigenvalue weighted by Gasteiger charge is 2.14. The summed E-state index contributed by atoms with van der Waals surface area (Å²) in [4.78, 5) is 11.0. The van der Waals surface area contributed by atoms with Crippen LogP contribution in [0.4, 0.5) is 5.69 Å². The van der Waals surface area contributed by atoms with Crippen molar-refractivity contribution in [2.24, 2.45) is 0 Å². The summed E-state index contributed by atoms with van der Waals surface area (Å²) in [6, 6.07) is 5.69. The van der Waals surface area contributed by atoms with Crippen LogP contribution in [0, 0.1) is 6.92 Å². The van der Waals surface area contributed by atoms with E-state index in [4.69, 9.17) is 9.84 Å². The molecule has 2 N–H and O–H groups in total. The molecule has 19 heavy (non-hydrogen) atoms. The van der Waals surface area contributed by atoms with Gasteiger partial charge in [0.1, 0.15) is 5.56 Å². The number of rotatable bonds is 4. The van der Waals surface area contributed by atoms with Gasteiger partial charge < -0.3 is 15.2 Å². The van der Waals surface area contributed by atoms with E-state index in [1.54, 1.807) is 17.8 Å². The van der Waals surface area contributed by atoms with Crippen molar-refractivity contribution in [2.45, 2.75) is 6.92 Å². The lowest BCUT2D eigenvalue weighted by atomic mass is 10.2. The van der Waals surface area contributed by atoms with Crippen LogP contribution in [0.25, 0.3) is 0 Å². The third-order valence-corrected chi connectivity index (χ3v) is 3.20. The Morgan fingerprint density at radius 2 is 2.05 bits per heavy atom. The van der Waals surface area contributed by atoms with Crippen molar-refractivity contribution in [1.82, 2.24) is 0 Å². The van der Waals surface area contributed by atoms with E-state index < -0.39 is 5.97 Å². The first kappa shape index (κ1) is 15.3. The van der Waals surface area contributed by atoms with Crippen molar-refractivity contribution in [1.29, 1.82) is 0 Å². The van der Waals surface area contributed by atoms with Crippen LogP contribution < -0.4 is 10.1 Å². The minimum atomic E-state index is -0.982. The largest absolute Gasteiger partial charge is 0.478 e. The van der Waals surface area contributed by atoms with Crippen molar-refractivity contribution in [2.75, 3.05) is 12.4 Å². The van der Waals surface area contributed by atoms with Gasteiger partial charge in [0.2, 0.25) is 0 Å². The van der Waals surface area contributed by atoms with Gasteiger partial charge in [-0.2, -0.15) is 0 Å². The fourth-order valence-electron chi connectivity index (χ4n) is 1.57. The molecule has 0 aliphatic carbocycles. The van der Waals surface area contributed by atoms with Crippen LogP contribution in [0.15, 0.2) is 29.0 Å². The SMILES string of the molecule is CNc1cc(C)ccc1Oc1cscc1C(=O)O.Cl. The Kier molecular flexibility index (Phi) is 5.20. The number of halogens is 1. The highest BCUT2D eigenvalue weighted by molar-refractivity contribution is 7.08. The average molecular weight is 300 g/mol. The van der Waals surface area contributed by atoms with E-state index in [9.17, 15) is 4.79 Å². The van der Waals surface area contributed by atoms with Crippen molar-refractivity contribution in [3.63, 3.8) is 0 Å². The zero-order valence-electron chi connectivity index (χ0n) is 10.5. The van der Waals surface area contributed by atoms with E-state index >= 15 is 0 Å². The summed E-state index contributed by atoms with van der Waals surface area (Å²) in [5, 5.41) is 15.3. The first-order valence-corrected chi connectivity index (χ1v) is 6.32. The first-order chi connectivity index (χ1) is 8.61. The highest BCUT2D eigenvalue weighted by atomic mass is 35.5. The molecule has 1 heterocycles. The van der Waals surface area contributed by atoms with Gasteiger partial charge in [0.05, 0.1) is 5.69 Å². The number of ether oxygens (including phenoxy) is 1. The second-order valence-corrected chi connectivity index (χ2v) is 4.55. The molecular weight excluding hydrogens is 286 g/mol. The maximum Gasteiger partial charge on any atom is 0.340 e. The van der Waals surface area contributed by atoms with Crippen molar-refractivity contribution in [3.8, 4) is 11.5 Å². The molecule has 0 bridgehead atoms. The van der Waals surface area contributed by atoms with Crippen LogP contribution >= 0.6 is 23.7 Å². The Morgan fingerprint density at radius 3 is 2.68 bits per heavy atom. The molecule has 0 amide bonds. The Bertz CT molecular complexity index is 583. The van der Waals surface area contributed by atoms with Crippen molar-refractivity contribution < 1.29 is 14.6 Å². The van der Waals surface area contributed by atoms with Gasteiger partial charge in [-0.3, -0.25) is 0 Å². The van der Waals surface area contributed by atoms with Crippen LogP contribution in [0.5, 0.6) is 11.5 Å². The molecule has 0 aliphatic heterocycles. The summed E-state index contributed by atoms with van der Waals surface area (Å²) >= 11 is 1.30.